The van der Waals surface area contributed by atoms with Crippen LogP contribution in [0.25, 0.3) is 0 Å². The quantitative estimate of drug-likeness (QED) is 0.205. The van der Waals surface area contributed by atoms with Crippen LogP contribution < -0.4 is 14.4 Å². The molecule has 4 rings (SSSR count). The first-order chi connectivity index (χ1) is 17.4. The normalized spacial score (nSPS) is 17.1. The third-order valence-corrected chi connectivity index (χ3v) is 6.06. The number of hydrogen-bond acceptors (Lipinski definition) is 7. The van der Waals surface area contributed by atoms with Gasteiger partial charge in [0.1, 0.15) is 17.4 Å². The molecule has 8 heteroatoms. The van der Waals surface area contributed by atoms with Crippen LogP contribution in [0.5, 0.6) is 11.5 Å². The van der Waals surface area contributed by atoms with Crippen molar-refractivity contribution in [3.63, 3.8) is 0 Å². The molecule has 1 fully saturated rings. The lowest BCUT2D eigenvalue weighted by molar-refractivity contribution is -0.135. The van der Waals surface area contributed by atoms with Crippen molar-refractivity contribution < 1.29 is 33.4 Å². The van der Waals surface area contributed by atoms with E-state index in [1.54, 1.807) is 67.6 Å². The molecule has 36 heavy (non-hydrogen) atoms. The zero-order chi connectivity index (χ0) is 25.8. The van der Waals surface area contributed by atoms with Crippen molar-refractivity contribution in [1.29, 1.82) is 0 Å². The molecule has 0 spiro atoms. The molecule has 0 saturated carbocycles. The average Bonchev–Trinajstić information content (AvgIpc) is 3.18. The summed E-state index contributed by atoms with van der Waals surface area (Å²) in [6.07, 6.45) is 0. The SMILES string of the molecule is CCOC(=O)c1ccc(N2C(=O)C(=O)C(C(=O)c3ccccc3)C2c2ccc(OC)cc2OC)cc1. The van der Waals surface area contributed by atoms with E-state index in [1.165, 1.54) is 31.3 Å². The molecule has 0 radical (unpaired) electrons. The number of methoxy groups -OCH3 is 2. The van der Waals surface area contributed by atoms with Crippen molar-refractivity contribution >= 4 is 29.1 Å². The Balaban J connectivity index is 1.85. The maximum absolute atomic E-state index is 13.6. The van der Waals surface area contributed by atoms with Crippen LogP contribution in [0.4, 0.5) is 5.69 Å². The molecular weight excluding hydrogens is 462 g/mol. The molecule has 0 N–H and O–H groups in total. The number of rotatable bonds is 8. The Hall–Kier alpha value is -4.46. The van der Waals surface area contributed by atoms with E-state index in [2.05, 4.69) is 0 Å². The third kappa shape index (κ3) is 4.45. The molecule has 2 atom stereocenters. The number of Topliss-reactive ketones (excluding diaryl/α,β-unsaturated/α-hetero) is 2. The number of nitrogens with zero attached hydrogens (tertiary/aromatic N) is 1. The van der Waals surface area contributed by atoms with Crippen molar-refractivity contribution in [2.24, 2.45) is 5.92 Å². The lowest BCUT2D eigenvalue weighted by Crippen LogP contribution is -2.31. The fourth-order valence-corrected chi connectivity index (χ4v) is 4.35. The van der Waals surface area contributed by atoms with Crippen molar-refractivity contribution in [3.8, 4) is 11.5 Å². The molecule has 3 aromatic rings. The Morgan fingerprint density at radius 3 is 2.17 bits per heavy atom. The van der Waals surface area contributed by atoms with Crippen LogP contribution in [0.15, 0.2) is 72.8 Å². The maximum atomic E-state index is 13.6. The molecule has 184 valence electrons. The second kappa shape index (κ2) is 10.4. The Kier molecular flexibility index (Phi) is 7.15. The number of ketones is 2. The summed E-state index contributed by atoms with van der Waals surface area (Å²) >= 11 is 0. The van der Waals surface area contributed by atoms with Gasteiger partial charge >= 0.3 is 5.97 Å². The molecule has 1 aliphatic heterocycles. The van der Waals surface area contributed by atoms with E-state index in [9.17, 15) is 19.2 Å². The fourth-order valence-electron chi connectivity index (χ4n) is 4.35. The van der Waals surface area contributed by atoms with Gasteiger partial charge in [0.15, 0.2) is 5.78 Å². The highest BCUT2D eigenvalue weighted by molar-refractivity contribution is 6.49. The van der Waals surface area contributed by atoms with Gasteiger partial charge in [-0.2, -0.15) is 0 Å². The first-order valence-corrected chi connectivity index (χ1v) is 11.4. The third-order valence-electron chi connectivity index (χ3n) is 6.06. The van der Waals surface area contributed by atoms with Gasteiger partial charge in [0, 0.05) is 22.9 Å². The van der Waals surface area contributed by atoms with E-state index < -0.39 is 35.4 Å². The van der Waals surface area contributed by atoms with Gasteiger partial charge in [-0.25, -0.2) is 4.79 Å². The highest BCUT2D eigenvalue weighted by Gasteiger charge is 2.53. The van der Waals surface area contributed by atoms with E-state index in [-0.39, 0.29) is 6.61 Å². The topological polar surface area (TPSA) is 99.2 Å². The average molecular weight is 488 g/mol. The summed E-state index contributed by atoms with van der Waals surface area (Å²) in [5, 5.41) is 0. The molecule has 3 aromatic carbocycles. The number of esters is 1. The summed E-state index contributed by atoms with van der Waals surface area (Å²) in [5.74, 6) is -3.03. The number of ether oxygens (including phenoxy) is 3. The summed E-state index contributed by atoms with van der Waals surface area (Å²) in [6.45, 7) is 1.93. The monoisotopic (exact) mass is 487 g/mol. The molecule has 1 heterocycles. The van der Waals surface area contributed by atoms with Crippen LogP contribution >= 0.6 is 0 Å². The maximum Gasteiger partial charge on any atom is 0.338 e. The lowest BCUT2D eigenvalue weighted by atomic mass is 9.85. The summed E-state index contributed by atoms with van der Waals surface area (Å²) < 4.78 is 15.9. The number of carbonyl (C=O) groups is 4. The molecule has 1 saturated heterocycles. The molecule has 2 unspecified atom stereocenters. The van der Waals surface area contributed by atoms with Crippen LogP contribution in [0.3, 0.4) is 0 Å². The van der Waals surface area contributed by atoms with Crippen LogP contribution in [0.1, 0.15) is 39.2 Å². The smallest absolute Gasteiger partial charge is 0.338 e. The Bertz CT molecular complexity index is 1300. The van der Waals surface area contributed by atoms with Gasteiger partial charge in [0.25, 0.3) is 5.91 Å². The number of amides is 1. The van der Waals surface area contributed by atoms with E-state index in [4.69, 9.17) is 14.2 Å². The minimum Gasteiger partial charge on any atom is -0.497 e. The molecule has 0 aromatic heterocycles. The van der Waals surface area contributed by atoms with Crippen molar-refractivity contribution in [1.82, 2.24) is 0 Å². The molecule has 1 aliphatic rings. The Morgan fingerprint density at radius 1 is 0.861 bits per heavy atom. The van der Waals surface area contributed by atoms with Crippen molar-refractivity contribution in [3.05, 3.63) is 89.5 Å². The second-order valence-electron chi connectivity index (χ2n) is 8.07. The summed E-state index contributed by atoms with van der Waals surface area (Å²) in [7, 11) is 2.97. The second-order valence-corrected chi connectivity index (χ2v) is 8.07. The number of benzene rings is 3. The van der Waals surface area contributed by atoms with Crippen LogP contribution in [0.2, 0.25) is 0 Å². The largest absolute Gasteiger partial charge is 0.497 e. The summed E-state index contributed by atoms with van der Waals surface area (Å²) in [5.41, 5.74) is 1.45. The molecule has 8 nitrogen and oxygen atoms in total. The first kappa shape index (κ1) is 24.7. The van der Waals surface area contributed by atoms with Gasteiger partial charge in [-0.15, -0.1) is 0 Å². The minimum absolute atomic E-state index is 0.225. The van der Waals surface area contributed by atoms with E-state index in [1.807, 2.05) is 0 Å². The zero-order valence-electron chi connectivity index (χ0n) is 20.1. The molecular formula is C28H25NO7. The van der Waals surface area contributed by atoms with Crippen LogP contribution in [-0.2, 0) is 14.3 Å². The van der Waals surface area contributed by atoms with Crippen LogP contribution in [-0.4, -0.2) is 44.3 Å². The van der Waals surface area contributed by atoms with Gasteiger partial charge in [-0.3, -0.25) is 19.3 Å². The van der Waals surface area contributed by atoms with E-state index in [0.29, 0.717) is 33.9 Å². The lowest BCUT2D eigenvalue weighted by Gasteiger charge is -2.28. The Labute approximate surface area is 208 Å². The standard InChI is InChI=1S/C28H25NO7/c1-4-36-28(33)18-10-12-19(13-11-18)29-24(21-15-14-20(34-2)16-22(21)35-3)23(26(31)27(29)32)25(30)17-8-6-5-7-9-17/h5-16,23-24H,4H2,1-3H3. The molecule has 0 bridgehead atoms. The Morgan fingerprint density at radius 2 is 1.56 bits per heavy atom. The van der Waals surface area contributed by atoms with Gasteiger partial charge in [-0.1, -0.05) is 30.3 Å². The summed E-state index contributed by atoms with van der Waals surface area (Å²) in [4.78, 5) is 53.6. The predicted octanol–water partition coefficient (Wildman–Crippen LogP) is 4.04. The van der Waals surface area contributed by atoms with Gasteiger partial charge in [-0.05, 0) is 43.3 Å². The number of carbonyl (C=O) groups excluding carboxylic acids is 4. The zero-order valence-corrected chi connectivity index (χ0v) is 20.1. The number of hydrogen-bond donors (Lipinski definition) is 0. The van der Waals surface area contributed by atoms with Crippen molar-refractivity contribution in [2.45, 2.75) is 13.0 Å². The van der Waals surface area contributed by atoms with Gasteiger partial charge < -0.3 is 14.2 Å². The van der Waals surface area contributed by atoms with Crippen molar-refractivity contribution in [2.75, 3.05) is 25.7 Å². The highest BCUT2D eigenvalue weighted by atomic mass is 16.5. The van der Waals surface area contributed by atoms with E-state index in [0.717, 1.165) is 0 Å². The van der Waals surface area contributed by atoms with E-state index >= 15 is 0 Å². The fraction of sp³-hybridized carbons (Fsp3) is 0.214. The minimum atomic E-state index is -1.30. The highest BCUT2D eigenvalue weighted by Crippen LogP contribution is 2.45. The number of anilines is 1. The van der Waals surface area contributed by atoms with Gasteiger partial charge in [0.05, 0.1) is 32.4 Å². The summed E-state index contributed by atoms with van der Waals surface area (Å²) in [6, 6.07) is 18.5. The predicted molar refractivity (Wildman–Crippen MR) is 131 cm³/mol. The first-order valence-electron chi connectivity index (χ1n) is 11.4. The molecule has 0 aliphatic carbocycles. The van der Waals surface area contributed by atoms with Crippen LogP contribution in [0, 0.1) is 5.92 Å². The van der Waals surface area contributed by atoms with Gasteiger partial charge in [0.2, 0.25) is 5.78 Å². The molecule has 1 amide bonds.